The van der Waals surface area contributed by atoms with Gasteiger partial charge in [-0.3, -0.25) is 9.79 Å². The van der Waals surface area contributed by atoms with Crippen LogP contribution in [-0.2, 0) is 17.8 Å². The van der Waals surface area contributed by atoms with Crippen LogP contribution in [0.1, 0.15) is 11.1 Å². The molecule has 2 rings (SSSR count). The summed E-state index contributed by atoms with van der Waals surface area (Å²) in [5.74, 6) is 2.64. The third-order valence-electron chi connectivity index (χ3n) is 4.44. The van der Waals surface area contributed by atoms with Crippen LogP contribution >= 0.6 is 24.0 Å². The molecule has 0 atom stereocenters. The average Bonchev–Trinajstić information content (AvgIpc) is 2.79. The SMILES string of the molecule is CN=C(NCCc1ccc(OC)c(OC)c1)NCC(=O)NCc1ccc(OC)cc1.I. The van der Waals surface area contributed by atoms with Gasteiger partial charge in [-0.2, -0.15) is 0 Å². The van der Waals surface area contributed by atoms with Gasteiger partial charge in [-0.15, -0.1) is 24.0 Å². The maximum Gasteiger partial charge on any atom is 0.239 e. The lowest BCUT2D eigenvalue weighted by molar-refractivity contribution is -0.120. The first-order chi connectivity index (χ1) is 14.6. The number of guanidine groups is 1. The van der Waals surface area contributed by atoms with E-state index in [1.54, 1.807) is 28.4 Å². The van der Waals surface area contributed by atoms with Crippen molar-refractivity contribution >= 4 is 35.8 Å². The number of ether oxygens (including phenoxy) is 3. The number of nitrogens with zero attached hydrogens (tertiary/aromatic N) is 1. The smallest absolute Gasteiger partial charge is 0.239 e. The standard InChI is InChI=1S/C22H30N4O4.HI/c1-23-22(24-12-11-16-7-10-19(29-3)20(13-16)30-4)26-15-21(27)25-14-17-5-8-18(28-2)9-6-17;/h5-10,13H,11-12,14-15H2,1-4H3,(H,25,27)(H2,23,24,26);1H. The molecule has 8 nitrogen and oxygen atoms in total. The Hall–Kier alpha value is -2.69. The summed E-state index contributed by atoms with van der Waals surface area (Å²) in [5.41, 5.74) is 2.11. The van der Waals surface area contributed by atoms with Crippen molar-refractivity contribution in [2.24, 2.45) is 4.99 Å². The fraction of sp³-hybridized carbons (Fsp3) is 0.364. The van der Waals surface area contributed by atoms with E-state index in [4.69, 9.17) is 14.2 Å². The highest BCUT2D eigenvalue weighted by Gasteiger charge is 2.06. The maximum absolute atomic E-state index is 12.1. The molecule has 0 spiro atoms. The molecule has 0 aliphatic carbocycles. The Bertz CT molecular complexity index is 844. The Labute approximate surface area is 200 Å². The molecular formula is C22H31IN4O4. The van der Waals surface area contributed by atoms with E-state index in [2.05, 4.69) is 20.9 Å². The van der Waals surface area contributed by atoms with Crippen LogP contribution in [0.2, 0.25) is 0 Å². The second-order valence-corrected chi connectivity index (χ2v) is 6.42. The van der Waals surface area contributed by atoms with Crippen LogP contribution in [0.15, 0.2) is 47.5 Å². The Morgan fingerprint density at radius 2 is 1.55 bits per heavy atom. The average molecular weight is 542 g/mol. The number of halogens is 1. The van der Waals surface area contributed by atoms with Gasteiger partial charge in [0, 0.05) is 20.1 Å². The van der Waals surface area contributed by atoms with E-state index in [-0.39, 0.29) is 36.4 Å². The molecule has 1 amide bonds. The topological polar surface area (TPSA) is 93.2 Å². The molecule has 0 unspecified atom stereocenters. The summed E-state index contributed by atoms with van der Waals surface area (Å²) in [7, 11) is 6.52. The molecule has 0 heterocycles. The summed E-state index contributed by atoms with van der Waals surface area (Å²) in [6.45, 7) is 1.24. The largest absolute Gasteiger partial charge is 0.497 e. The van der Waals surface area contributed by atoms with Crippen molar-refractivity contribution in [3.63, 3.8) is 0 Å². The van der Waals surface area contributed by atoms with Gasteiger partial charge in [0.15, 0.2) is 17.5 Å². The summed E-state index contributed by atoms with van der Waals surface area (Å²) in [4.78, 5) is 16.2. The fourth-order valence-electron chi connectivity index (χ4n) is 2.75. The van der Waals surface area contributed by atoms with E-state index >= 15 is 0 Å². The fourth-order valence-corrected chi connectivity index (χ4v) is 2.75. The molecule has 2 aromatic rings. The number of amides is 1. The number of benzene rings is 2. The Balaban J connectivity index is 0.00000480. The summed E-state index contributed by atoms with van der Waals surface area (Å²) in [6.07, 6.45) is 0.769. The van der Waals surface area contributed by atoms with E-state index in [1.165, 1.54) is 0 Å². The molecule has 2 aromatic carbocycles. The Morgan fingerprint density at radius 3 is 2.16 bits per heavy atom. The number of hydrogen-bond acceptors (Lipinski definition) is 5. The summed E-state index contributed by atoms with van der Waals surface area (Å²) in [6, 6.07) is 13.4. The zero-order valence-electron chi connectivity index (χ0n) is 18.4. The van der Waals surface area contributed by atoms with Gasteiger partial charge in [0.1, 0.15) is 5.75 Å². The third-order valence-corrected chi connectivity index (χ3v) is 4.44. The lowest BCUT2D eigenvalue weighted by Crippen LogP contribution is -2.43. The Kier molecular flexibility index (Phi) is 12.2. The highest BCUT2D eigenvalue weighted by Crippen LogP contribution is 2.27. The molecule has 0 bridgehead atoms. The molecule has 0 aliphatic heterocycles. The normalized spacial score (nSPS) is 10.5. The first-order valence-electron chi connectivity index (χ1n) is 9.64. The van der Waals surface area contributed by atoms with Crippen LogP contribution in [0.5, 0.6) is 17.2 Å². The summed E-state index contributed by atoms with van der Waals surface area (Å²) in [5, 5.41) is 9.08. The minimum absolute atomic E-state index is 0. The second-order valence-electron chi connectivity index (χ2n) is 6.42. The first-order valence-corrected chi connectivity index (χ1v) is 9.64. The molecule has 0 radical (unpaired) electrons. The molecule has 0 aliphatic rings. The predicted octanol–water partition coefficient (Wildman–Crippen LogP) is 2.35. The van der Waals surface area contributed by atoms with E-state index in [0.29, 0.717) is 30.5 Å². The quantitative estimate of drug-likeness (QED) is 0.243. The number of aliphatic imine (C=N–C) groups is 1. The molecular weight excluding hydrogens is 511 g/mol. The second kappa shape index (κ2) is 14.3. The molecule has 0 aromatic heterocycles. The van der Waals surface area contributed by atoms with Crippen LogP contribution in [0.4, 0.5) is 0 Å². The van der Waals surface area contributed by atoms with Crippen LogP contribution < -0.4 is 30.2 Å². The monoisotopic (exact) mass is 542 g/mol. The van der Waals surface area contributed by atoms with Crippen LogP contribution in [0.25, 0.3) is 0 Å². The predicted molar refractivity (Wildman–Crippen MR) is 133 cm³/mol. The van der Waals surface area contributed by atoms with Crippen molar-refractivity contribution in [3.8, 4) is 17.2 Å². The van der Waals surface area contributed by atoms with Crippen LogP contribution in [0, 0.1) is 0 Å². The van der Waals surface area contributed by atoms with Crippen molar-refractivity contribution < 1.29 is 19.0 Å². The van der Waals surface area contributed by atoms with Gasteiger partial charge in [-0.1, -0.05) is 18.2 Å². The summed E-state index contributed by atoms with van der Waals surface area (Å²) >= 11 is 0. The van der Waals surface area contributed by atoms with Gasteiger partial charge in [-0.05, 0) is 41.8 Å². The first kappa shape index (κ1) is 26.3. The van der Waals surface area contributed by atoms with Crippen molar-refractivity contribution in [3.05, 3.63) is 53.6 Å². The third kappa shape index (κ3) is 8.91. The number of methoxy groups -OCH3 is 3. The van der Waals surface area contributed by atoms with E-state index in [1.807, 2.05) is 42.5 Å². The lowest BCUT2D eigenvalue weighted by atomic mass is 10.1. The number of hydrogen-bond donors (Lipinski definition) is 3. The minimum atomic E-state index is -0.117. The minimum Gasteiger partial charge on any atom is -0.497 e. The van der Waals surface area contributed by atoms with Crippen molar-refractivity contribution in [1.82, 2.24) is 16.0 Å². The molecule has 0 saturated carbocycles. The molecule has 3 N–H and O–H groups in total. The van der Waals surface area contributed by atoms with E-state index < -0.39 is 0 Å². The highest BCUT2D eigenvalue weighted by molar-refractivity contribution is 14.0. The maximum atomic E-state index is 12.1. The van der Waals surface area contributed by atoms with E-state index in [9.17, 15) is 4.79 Å². The number of rotatable bonds is 10. The number of nitrogens with one attached hydrogen (secondary N) is 3. The number of carbonyl (C=O) groups is 1. The highest BCUT2D eigenvalue weighted by atomic mass is 127. The van der Waals surface area contributed by atoms with Crippen molar-refractivity contribution in [2.45, 2.75) is 13.0 Å². The van der Waals surface area contributed by atoms with Gasteiger partial charge in [0.05, 0.1) is 27.9 Å². The van der Waals surface area contributed by atoms with Gasteiger partial charge >= 0.3 is 0 Å². The molecule has 170 valence electrons. The van der Waals surface area contributed by atoms with Gasteiger partial charge in [0.25, 0.3) is 0 Å². The molecule has 9 heteroatoms. The summed E-state index contributed by atoms with van der Waals surface area (Å²) < 4.78 is 15.7. The Morgan fingerprint density at radius 1 is 0.871 bits per heavy atom. The lowest BCUT2D eigenvalue weighted by Gasteiger charge is -2.13. The van der Waals surface area contributed by atoms with Gasteiger partial charge in [0.2, 0.25) is 5.91 Å². The molecule has 0 saturated heterocycles. The zero-order valence-corrected chi connectivity index (χ0v) is 20.7. The zero-order chi connectivity index (χ0) is 21.8. The van der Waals surface area contributed by atoms with Gasteiger partial charge < -0.3 is 30.2 Å². The van der Waals surface area contributed by atoms with Crippen molar-refractivity contribution in [2.75, 3.05) is 41.5 Å². The van der Waals surface area contributed by atoms with E-state index in [0.717, 1.165) is 23.3 Å². The van der Waals surface area contributed by atoms with Crippen LogP contribution in [0.3, 0.4) is 0 Å². The van der Waals surface area contributed by atoms with Crippen LogP contribution in [-0.4, -0.2) is 53.3 Å². The number of carbonyl (C=O) groups excluding carboxylic acids is 1. The van der Waals surface area contributed by atoms with Gasteiger partial charge in [-0.25, -0.2) is 0 Å². The van der Waals surface area contributed by atoms with Crippen molar-refractivity contribution in [1.29, 1.82) is 0 Å². The molecule has 31 heavy (non-hydrogen) atoms. The molecule has 0 fully saturated rings.